The highest BCUT2D eigenvalue weighted by Crippen LogP contribution is 2.26. The summed E-state index contributed by atoms with van der Waals surface area (Å²) < 4.78 is 29.0. The first-order chi connectivity index (χ1) is 15.3. The van der Waals surface area contributed by atoms with Crippen molar-refractivity contribution in [3.05, 3.63) is 47.3 Å². The van der Waals surface area contributed by atoms with E-state index in [9.17, 15) is 18.0 Å². The van der Waals surface area contributed by atoms with E-state index in [1.165, 1.54) is 21.1 Å². The summed E-state index contributed by atoms with van der Waals surface area (Å²) >= 11 is 0. The second-order valence-corrected chi connectivity index (χ2v) is 10.5. The molecule has 2 amide bonds. The molecule has 9 heteroatoms. The molecule has 8 nitrogen and oxygen atoms in total. The number of likely N-dealkylation sites (tertiary alicyclic amines) is 1. The van der Waals surface area contributed by atoms with Crippen molar-refractivity contribution < 1.29 is 18.0 Å². The van der Waals surface area contributed by atoms with E-state index in [1.54, 1.807) is 19.2 Å². The van der Waals surface area contributed by atoms with E-state index in [-0.39, 0.29) is 16.5 Å². The summed E-state index contributed by atoms with van der Waals surface area (Å²) in [4.78, 5) is 28.1. The molecule has 0 radical (unpaired) electrons. The van der Waals surface area contributed by atoms with Crippen LogP contribution in [0.5, 0.6) is 0 Å². The molecule has 0 unspecified atom stereocenters. The van der Waals surface area contributed by atoms with Crippen molar-refractivity contribution in [2.45, 2.75) is 43.9 Å². The molecule has 0 bridgehead atoms. The zero-order valence-corrected chi connectivity index (χ0v) is 19.5. The number of carbonyl (C=O) groups excluding carboxylic acids is 2. The Kier molecular flexibility index (Phi) is 6.39. The molecule has 4 rings (SSSR count). The van der Waals surface area contributed by atoms with Crippen molar-refractivity contribution in [1.29, 1.82) is 0 Å². The number of piperidine rings is 1. The Morgan fingerprint density at radius 3 is 2.31 bits per heavy atom. The summed E-state index contributed by atoms with van der Waals surface area (Å²) in [6.45, 7) is 4.30. The molecule has 1 aromatic heterocycles. The first-order valence-electron chi connectivity index (χ1n) is 11.2. The molecule has 1 aromatic carbocycles. The highest BCUT2D eigenvalue weighted by Gasteiger charge is 2.29. The van der Waals surface area contributed by atoms with Gasteiger partial charge in [-0.1, -0.05) is 18.6 Å². The number of anilines is 1. The molecular weight excluding hydrogens is 428 g/mol. The third-order valence-corrected chi connectivity index (χ3v) is 8.16. The Bertz CT molecular complexity index is 1130. The minimum atomic E-state index is -3.64. The molecule has 2 aromatic rings. The van der Waals surface area contributed by atoms with Gasteiger partial charge in [0.05, 0.1) is 11.3 Å². The Balaban J connectivity index is 1.59. The molecule has 0 atom stereocenters. The number of nitrogens with one attached hydrogen (secondary N) is 1. The maximum absolute atomic E-state index is 13.1. The Labute approximate surface area is 189 Å². The highest BCUT2D eigenvalue weighted by molar-refractivity contribution is 7.89. The smallest absolute Gasteiger partial charge is 0.272 e. The van der Waals surface area contributed by atoms with Crippen LogP contribution in [0.2, 0.25) is 0 Å². The van der Waals surface area contributed by atoms with Crippen LogP contribution in [0.15, 0.2) is 35.4 Å². The standard InChI is InChI=1S/C23H30N4O4S/c1-17-9-8-10-19(21(17)23(29)26-11-6-7-12-26)24-22(28)20-15-18(16-25(20)2)32(30,31)27-13-4-3-5-14-27/h8-10,15-16H,3-7,11-14H2,1-2H3,(H,24,28). The molecule has 0 aliphatic carbocycles. The molecule has 2 aliphatic heterocycles. The quantitative estimate of drug-likeness (QED) is 0.746. The largest absolute Gasteiger partial charge is 0.345 e. The van der Waals surface area contributed by atoms with Crippen molar-refractivity contribution in [2.24, 2.45) is 7.05 Å². The first-order valence-corrected chi connectivity index (χ1v) is 12.6. The summed E-state index contributed by atoms with van der Waals surface area (Å²) in [6, 6.07) is 6.77. The molecular formula is C23H30N4O4S. The molecule has 3 heterocycles. The number of hydrogen-bond acceptors (Lipinski definition) is 4. The molecule has 2 saturated heterocycles. The van der Waals surface area contributed by atoms with E-state index in [2.05, 4.69) is 5.32 Å². The van der Waals surface area contributed by atoms with Crippen LogP contribution in [-0.2, 0) is 17.1 Å². The molecule has 2 aliphatic rings. The van der Waals surface area contributed by atoms with Crippen LogP contribution in [0.1, 0.15) is 58.5 Å². The summed E-state index contributed by atoms with van der Waals surface area (Å²) in [5.41, 5.74) is 1.94. The number of sulfonamides is 1. The number of aryl methyl sites for hydroxylation is 2. The fourth-order valence-corrected chi connectivity index (χ4v) is 6.06. The van der Waals surface area contributed by atoms with E-state index < -0.39 is 15.9 Å². The maximum atomic E-state index is 13.1. The summed E-state index contributed by atoms with van der Waals surface area (Å²) in [7, 11) is -1.99. The van der Waals surface area contributed by atoms with Crippen molar-refractivity contribution in [2.75, 3.05) is 31.5 Å². The van der Waals surface area contributed by atoms with Gasteiger partial charge in [-0.25, -0.2) is 8.42 Å². The highest BCUT2D eigenvalue weighted by atomic mass is 32.2. The van der Waals surface area contributed by atoms with Gasteiger partial charge in [-0.2, -0.15) is 4.31 Å². The predicted octanol–water partition coefficient (Wildman–Crippen LogP) is 3.00. The van der Waals surface area contributed by atoms with Gasteiger partial charge in [0.25, 0.3) is 11.8 Å². The van der Waals surface area contributed by atoms with Gasteiger partial charge in [0.15, 0.2) is 0 Å². The lowest BCUT2D eigenvalue weighted by Crippen LogP contribution is -2.35. The summed E-state index contributed by atoms with van der Waals surface area (Å²) in [5.74, 6) is -0.537. The molecule has 1 N–H and O–H groups in total. The van der Waals surface area contributed by atoms with Crippen molar-refractivity contribution in [3.8, 4) is 0 Å². The lowest BCUT2D eigenvalue weighted by Gasteiger charge is -2.25. The van der Waals surface area contributed by atoms with Crippen LogP contribution in [0.3, 0.4) is 0 Å². The van der Waals surface area contributed by atoms with Gasteiger partial charge in [0.2, 0.25) is 10.0 Å². The third-order valence-electron chi connectivity index (χ3n) is 6.29. The van der Waals surface area contributed by atoms with E-state index in [0.29, 0.717) is 24.3 Å². The topological polar surface area (TPSA) is 91.7 Å². The zero-order valence-electron chi connectivity index (χ0n) is 18.6. The lowest BCUT2D eigenvalue weighted by atomic mass is 10.0. The van der Waals surface area contributed by atoms with Crippen LogP contribution in [-0.4, -0.2) is 60.2 Å². The number of aromatic nitrogens is 1. The number of carbonyl (C=O) groups is 2. The van der Waals surface area contributed by atoms with Gasteiger partial charge in [0.1, 0.15) is 10.6 Å². The summed E-state index contributed by atoms with van der Waals surface area (Å²) in [5, 5.41) is 2.84. The van der Waals surface area contributed by atoms with Gasteiger partial charge in [0, 0.05) is 39.4 Å². The number of amides is 2. The average Bonchev–Trinajstić information content (AvgIpc) is 3.44. The van der Waals surface area contributed by atoms with Gasteiger partial charge in [-0.3, -0.25) is 9.59 Å². The SMILES string of the molecule is Cc1cccc(NC(=O)c2cc(S(=O)(=O)N3CCCCC3)cn2C)c1C(=O)N1CCCC1. The van der Waals surface area contributed by atoms with Gasteiger partial charge in [-0.05, 0) is 50.3 Å². The van der Waals surface area contributed by atoms with Crippen molar-refractivity contribution in [1.82, 2.24) is 13.8 Å². The maximum Gasteiger partial charge on any atom is 0.272 e. The predicted molar refractivity (Wildman–Crippen MR) is 122 cm³/mol. The fourth-order valence-electron chi connectivity index (χ4n) is 4.48. The number of nitrogens with zero attached hydrogens (tertiary/aromatic N) is 3. The van der Waals surface area contributed by atoms with Crippen LogP contribution in [0, 0.1) is 6.92 Å². The lowest BCUT2D eigenvalue weighted by molar-refractivity contribution is 0.0793. The van der Waals surface area contributed by atoms with E-state index in [4.69, 9.17) is 0 Å². The van der Waals surface area contributed by atoms with Crippen molar-refractivity contribution in [3.63, 3.8) is 0 Å². The molecule has 32 heavy (non-hydrogen) atoms. The zero-order chi connectivity index (χ0) is 22.9. The Morgan fingerprint density at radius 1 is 0.969 bits per heavy atom. The van der Waals surface area contributed by atoms with E-state index in [1.807, 2.05) is 17.9 Å². The average molecular weight is 459 g/mol. The number of benzene rings is 1. The van der Waals surface area contributed by atoms with Crippen LogP contribution in [0.4, 0.5) is 5.69 Å². The first kappa shape index (κ1) is 22.5. The van der Waals surface area contributed by atoms with Crippen molar-refractivity contribution >= 4 is 27.5 Å². The Morgan fingerprint density at radius 2 is 1.62 bits per heavy atom. The van der Waals surface area contributed by atoms with Gasteiger partial charge < -0.3 is 14.8 Å². The van der Waals surface area contributed by atoms with E-state index >= 15 is 0 Å². The van der Waals surface area contributed by atoms with Crippen LogP contribution in [0.25, 0.3) is 0 Å². The molecule has 0 spiro atoms. The molecule has 172 valence electrons. The minimum Gasteiger partial charge on any atom is -0.345 e. The van der Waals surface area contributed by atoms with Crippen LogP contribution >= 0.6 is 0 Å². The fraction of sp³-hybridized carbons (Fsp3) is 0.478. The van der Waals surface area contributed by atoms with Gasteiger partial charge in [-0.15, -0.1) is 0 Å². The second-order valence-electron chi connectivity index (χ2n) is 8.59. The minimum absolute atomic E-state index is 0.0869. The number of hydrogen-bond donors (Lipinski definition) is 1. The number of rotatable bonds is 5. The second kappa shape index (κ2) is 9.07. The van der Waals surface area contributed by atoms with E-state index in [0.717, 1.165) is 50.8 Å². The summed E-state index contributed by atoms with van der Waals surface area (Å²) in [6.07, 6.45) is 6.17. The normalized spacial score (nSPS) is 17.5. The molecule has 2 fully saturated rings. The monoisotopic (exact) mass is 458 g/mol. The van der Waals surface area contributed by atoms with Crippen LogP contribution < -0.4 is 5.32 Å². The third kappa shape index (κ3) is 4.31. The van der Waals surface area contributed by atoms with Gasteiger partial charge >= 0.3 is 0 Å². The molecule has 0 saturated carbocycles. The Hall–Kier alpha value is -2.65.